The molecule has 0 spiro atoms. The molecule has 3 heterocycles. The molecule has 1 aliphatic rings. The molecule has 0 saturated heterocycles. The molecular formula is C20H18N4O2. The molecule has 26 heavy (non-hydrogen) atoms. The van der Waals surface area contributed by atoms with E-state index in [4.69, 9.17) is 0 Å². The molecule has 0 unspecified atom stereocenters. The van der Waals surface area contributed by atoms with E-state index in [0.29, 0.717) is 25.3 Å². The molecule has 0 radical (unpaired) electrons. The maximum absolute atomic E-state index is 12.7. The van der Waals surface area contributed by atoms with Crippen LogP contribution in [0.15, 0.2) is 53.5 Å². The van der Waals surface area contributed by atoms with Crippen molar-refractivity contribution in [2.45, 2.75) is 19.9 Å². The fraction of sp³-hybridized carbons (Fsp3) is 0.200. The first kappa shape index (κ1) is 16.2. The van der Waals surface area contributed by atoms with Crippen LogP contribution in [-0.4, -0.2) is 32.3 Å². The van der Waals surface area contributed by atoms with Gasteiger partial charge >= 0.3 is 0 Å². The summed E-state index contributed by atoms with van der Waals surface area (Å²) < 4.78 is 0. The summed E-state index contributed by atoms with van der Waals surface area (Å²) in [6.07, 6.45) is 2.43. The van der Waals surface area contributed by atoms with Crippen LogP contribution in [0.2, 0.25) is 0 Å². The Kier molecular flexibility index (Phi) is 4.08. The summed E-state index contributed by atoms with van der Waals surface area (Å²) >= 11 is 0. The predicted octanol–water partition coefficient (Wildman–Crippen LogP) is 2.34. The Morgan fingerprint density at radius 3 is 2.73 bits per heavy atom. The third-order valence-corrected chi connectivity index (χ3v) is 4.54. The van der Waals surface area contributed by atoms with E-state index in [1.807, 2.05) is 30.3 Å². The summed E-state index contributed by atoms with van der Waals surface area (Å²) in [5, 5.41) is 0. The summed E-state index contributed by atoms with van der Waals surface area (Å²) in [5.74, 6) is 0.433. The highest BCUT2D eigenvalue weighted by atomic mass is 16.2. The van der Waals surface area contributed by atoms with Gasteiger partial charge < -0.3 is 9.88 Å². The smallest absolute Gasteiger partial charge is 0.260 e. The molecule has 0 atom stereocenters. The van der Waals surface area contributed by atoms with Gasteiger partial charge in [-0.25, -0.2) is 9.97 Å². The molecule has 0 saturated carbocycles. The topological polar surface area (TPSA) is 79.0 Å². The maximum atomic E-state index is 12.7. The first-order chi connectivity index (χ1) is 12.6. The normalized spacial score (nSPS) is 13.3. The number of aryl methyl sites for hydroxylation is 1. The van der Waals surface area contributed by atoms with Crippen molar-refractivity contribution in [3.05, 3.63) is 81.5 Å². The first-order valence-corrected chi connectivity index (χ1v) is 8.51. The van der Waals surface area contributed by atoms with Crippen LogP contribution in [0, 0.1) is 6.92 Å². The molecule has 3 aromatic rings. The van der Waals surface area contributed by atoms with Crippen LogP contribution in [0.4, 0.5) is 0 Å². The van der Waals surface area contributed by atoms with Crippen LogP contribution in [0.3, 0.4) is 0 Å². The highest BCUT2D eigenvalue weighted by Gasteiger charge is 2.25. The second-order valence-corrected chi connectivity index (χ2v) is 6.39. The van der Waals surface area contributed by atoms with Crippen LogP contribution in [0.5, 0.6) is 0 Å². The van der Waals surface area contributed by atoms with E-state index >= 15 is 0 Å². The summed E-state index contributed by atoms with van der Waals surface area (Å²) in [5.41, 5.74) is 3.41. The van der Waals surface area contributed by atoms with Crippen LogP contribution in [-0.2, 0) is 13.0 Å². The molecular weight excluding hydrogens is 328 g/mol. The van der Waals surface area contributed by atoms with E-state index in [-0.39, 0.29) is 17.0 Å². The molecule has 4 rings (SSSR count). The van der Waals surface area contributed by atoms with Gasteiger partial charge in [-0.15, -0.1) is 0 Å². The number of carbonyl (C=O) groups excluding carboxylic acids is 1. The number of H-pyrrole nitrogens is 1. The first-order valence-electron chi connectivity index (χ1n) is 8.51. The van der Waals surface area contributed by atoms with Crippen molar-refractivity contribution in [2.24, 2.45) is 0 Å². The number of rotatable bonds is 2. The van der Waals surface area contributed by atoms with Gasteiger partial charge in [-0.2, -0.15) is 0 Å². The number of hydrogen-bond acceptors (Lipinski definition) is 4. The number of fused-ring (bicyclic) bond motifs is 1. The highest BCUT2D eigenvalue weighted by Crippen LogP contribution is 2.21. The van der Waals surface area contributed by atoms with Gasteiger partial charge in [0.05, 0.1) is 5.69 Å². The predicted molar refractivity (Wildman–Crippen MR) is 97.7 cm³/mol. The summed E-state index contributed by atoms with van der Waals surface area (Å²) in [6.45, 7) is 2.73. The molecule has 1 aliphatic heterocycles. The lowest BCUT2D eigenvalue weighted by Crippen LogP contribution is -2.39. The zero-order valence-electron chi connectivity index (χ0n) is 14.4. The van der Waals surface area contributed by atoms with E-state index in [1.54, 1.807) is 30.2 Å². The Balaban J connectivity index is 1.58. The molecule has 0 aliphatic carbocycles. The van der Waals surface area contributed by atoms with Crippen molar-refractivity contribution in [1.29, 1.82) is 0 Å². The van der Waals surface area contributed by atoms with Crippen LogP contribution < -0.4 is 5.56 Å². The maximum Gasteiger partial charge on any atom is 0.260 e. The number of pyridine rings is 1. The Hall–Kier alpha value is -3.28. The lowest BCUT2D eigenvalue weighted by atomic mass is 10.1. The largest absolute Gasteiger partial charge is 0.334 e. The zero-order chi connectivity index (χ0) is 18.1. The van der Waals surface area contributed by atoms with Crippen LogP contribution >= 0.6 is 0 Å². The fourth-order valence-electron chi connectivity index (χ4n) is 3.13. The second kappa shape index (κ2) is 6.55. The van der Waals surface area contributed by atoms with Gasteiger partial charge in [-0.3, -0.25) is 9.59 Å². The number of nitrogens with zero attached hydrogens (tertiary/aromatic N) is 3. The van der Waals surface area contributed by atoms with Crippen molar-refractivity contribution < 1.29 is 4.79 Å². The number of aromatic nitrogens is 3. The van der Waals surface area contributed by atoms with Crippen molar-refractivity contribution in [3.63, 3.8) is 0 Å². The average Bonchev–Trinajstić information content (AvgIpc) is 2.67. The van der Waals surface area contributed by atoms with E-state index < -0.39 is 0 Å². The molecule has 130 valence electrons. The van der Waals surface area contributed by atoms with Gasteiger partial charge in [0.2, 0.25) is 0 Å². The number of amides is 1. The quantitative estimate of drug-likeness (QED) is 0.772. The molecule has 0 bridgehead atoms. The van der Waals surface area contributed by atoms with E-state index in [1.165, 1.54) is 0 Å². The minimum Gasteiger partial charge on any atom is -0.334 e. The molecule has 0 fully saturated rings. The van der Waals surface area contributed by atoms with Gasteiger partial charge in [0.1, 0.15) is 5.56 Å². The van der Waals surface area contributed by atoms with Gasteiger partial charge in [0.15, 0.2) is 5.82 Å². The lowest BCUT2D eigenvalue weighted by molar-refractivity contribution is 0.0731. The van der Waals surface area contributed by atoms with E-state index in [2.05, 4.69) is 15.0 Å². The molecule has 6 nitrogen and oxygen atoms in total. The Morgan fingerprint density at radius 1 is 1.15 bits per heavy atom. The Labute approximate surface area is 150 Å². The number of nitrogens with one attached hydrogen (secondary N) is 1. The van der Waals surface area contributed by atoms with Gasteiger partial charge in [0.25, 0.3) is 11.5 Å². The lowest BCUT2D eigenvalue weighted by Gasteiger charge is -2.28. The standard InChI is InChI=1S/C20H18N4O2/c1-13-7-8-16(19(25)22-13)20(26)24-10-9-17-15(12-24)11-21-18(23-17)14-5-3-2-4-6-14/h2-8,11H,9-10,12H2,1H3,(H,22,25). The molecule has 1 N–H and O–H groups in total. The Morgan fingerprint density at radius 2 is 1.96 bits per heavy atom. The van der Waals surface area contributed by atoms with Crippen molar-refractivity contribution >= 4 is 5.91 Å². The van der Waals surface area contributed by atoms with Gasteiger partial charge in [0, 0.05) is 42.5 Å². The molecule has 6 heteroatoms. The number of aromatic amines is 1. The van der Waals surface area contributed by atoms with E-state index in [9.17, 15) is 9.59 Å². The Bertz CT molecular complexity index is 1030. The minimum atomic E-state index is -0.350. The minimum absolute atomic E-state index is 0.167. The SMILES string of the molecule is Cc1ccc(C(=O)N2CCc3nc(-c4ccccc4)ncc3C2)c(=O)[nH]1. The number of carbonyl (C=O) groups is 1. The van der Waals surface area contributed by atoms with Crippen molar-refractivity contribution in [3.8, 4) is 11.4 Å². The third-order valence-electron chi connectivity index (χ3n) is 4.54. The van der Waals surface area contributed by atoms with Crippen LogP contribution in [0.1, 0.15) is 27.3 Å². The number of hydrogen-bond donors (Lipinski definition) is 1. The summed E-state index contributed by atoms with van der Waals surface area (Å²) in [6, 6.07) is 13.1. The summed E-state index contributed by atoms with van der Waals surface area (Å²) in [7, 11) is 0. The second-order valence-electron chi connectivity index (χ2n) is 6.39. The van der Waals surface area contributed by atoms with Crippen LogP contribution in [0.25, 0.3) is 11.4 Å². The average molecular weight is 346 g/mol. The fourth-order valence-corrected chi connectivity index (χ4v) is 3.13. The van der Waals surface area contributed by atoms with Crippen molar-refractivity contribution in [1.82, 2.24) is 19.9 Å². The van der Waals surface area contributed by atoms with E-state index in [0.717, 1.165) is 22.5 Å². The van der Waals surface area contributed by atoms with Crippen molar-refractivity contribution in [2.75, 3.05) is 6.54 Å². The molecule has 2 aromatic heterocycles. The van der Waals surface area contributed by atoms with Gasteiger partial charge in [-0.1, -0.05) is 30.3 Å². The third kappa shape index (κ3) is 3.01. The van der Waals surface area contributed by atoms with Gasteiger partial charge in [-0.05, 0) is 19.1 Å². The summed E-state index contributed by atoms with van der Waals surface area (Å²) in [4.78, 5) is 38.2. The highest BCUT2D eigenvalue weighted by molar-refractivity contribution is 5.94. The molecule has 1 amide bonds. The molecule has 1 aromatic carbocycles. The monoisotopic (exact) mass is 346 g/mol. The zero-order valence-corrected chi connectivity index (χ0v) is 14.4. The number of benzene rings is 1.